The van der Waals surface area contributed by atoms with Crippen molar-refractivity contribution in [2.75, 3.05) is 13.3 Å². The summed E-state index contributed by atoms with van der Waals surface area (Å²) in [7, 11) is -0.382. The summed E-state index contributed by atoms with van der Waals surface area (Å²) in [5.41, 5.74) is 2.11. The monoisotopic (exact) mass is 664 g/mol. The van der Waals surface area contributed by atoms with Crippen molar-refractivity contribution in [1.82, 2.24) is 0 Å². The number of methoxy groups -OCH3 is 1. The van der Waals surface area contributed by atoms with Crippen LogP contribution in [0.5, 0.6) is 11.5 Å². The molecule has 0 amide bonds. The number of aryl methyl sites for hydroxylation is 1. The highest BCUT2D eigenvalue weighted by Gasteiger charge is 2.44. The van der Waals surface area contributed by atoms with E-state index in [0.717, 1.165) is 31.0 Å². The van der Waals surface area contributed by atoms with E-state index in [1.807, 2.05) is 12.1 Å². The van der Waals surface area contributed by atoms with Crippen LogP contribution in [0.1, 0.15) is 18.4 Å². The maximum atomic E-state index is 12.8. The normalized spacial score (nSPS) is 11.2. The van der Waals surface area contributed by atoms with E-state index < -0.39 is 7.26 Å². The lowest BCUT2D eigenvalue weighted by atomic mass is 10.0. The molecular formula is C38H34BrO4P. The Kier molecular flexibility index (Phi) is 9.99. The molecule has 6 rings (SSSR count). The zero-order valence-corrected chi connectivity index (χ0v) is 27.0. The van der Waals surface area contributed by atoms with Gasteiger partial charge in [-0.1, -0.05) is 78.9 Å². The van der Waals surface area contributed by atoms with E-state index in [4.69, 9.17) is 9.15 Å². The second kappa shape index (κ2) is 14.1. The summed E-state index contributed by atoms with van der Waals surface area (Å²) in [5, 5.41) is 14.8. The summed E-state index contributed by atoms with van der Waals surface area (Å²) in [6.45, 7) is 0. The third-order valence-corrected chi connectivity index (χ3v) is 12.6. The van der Waals surface area contributed by atoms with Crippen molar-refractivity contribution in [2.45, 2.75) is 19.3 Å². The Morgan fingerprint density at radius 3 is 1.77 bits per heavy atom. The van der Waals surface area contributed by atoms with Crippen molar-refractivity contribution in [1.29, 1.82) is 0 Å². The van der Waals surface area contributed by atoms with Crippen molar-refractivity contribution < 1.29 is 31.2 Å². The molecule has 4 nitrogen and oxygen atoms in total. The van der Waals surface area contributed by atoms with Gasteiger partial charge in [-0.2, -0.15) is 0 Å². The molecule has 222 valence electrons. The average molecular weight is 666 g/mol. The van der Waals surface area contributed by atoms with Gasteiger partial charge in [-0.25, -0.2) is 0 Å². The number of hydrogen-bond donors (Lipinski definition) is 1. The van der Waals surface area contributed by atoms with Crippen LogP contribution in [0.15, 0.2) is 143 Å². The predicted octanol–water partition coefficient (Wildman–Crippen LogP) is 4.50. The number of unbranched alkanes of at least 4 members (excludes halogenated alkanes) is 1. The second-order valence-corrected chi connectivity index (χ2v) is 14.3. The number of hydrogen-bond acceptors (Lipinski definition) is 4. The lowest BCUT2D eigenvalue weighted by Gasteiger charge is -2.27. The van der Waals surface area contributed by atoms with Gasteiger partial charge in [-0.3, -0.25) is 4.79 Å². The number of fused-ring (bicyclic) bond motifs is 1. The van der Waals surface area contributed by atoms with Crippen LogP contribution >= 0.6 is 7.26 Å². The van der Waals surface area contributed by atoms with Gasteiger partial charge in [0.15, 0.2) is 16.8 Å². The standard InChI is InChI=1S/C38H33O4P.BrH/c1-41-38-34(39)25-24-33-35(40)27-36(42-37(33)38)29-22-20-28(21-23-29)13-11-12-26-43(30-14-5-2-6-15-30,31-16-7-3-8-17-31)32-18-9-4-10-19-32;/h2-10,14-25,27H,11-13,26H2,1H3;1H. The Morgan fingerprint density at radius 2 is 1.25 bits per heavy atom. The molecule has 0 aliphatic heterocycles. The summed E-state index contributed by atoms with van der Waals surface area (Å²) < 4.78 is 11.4. The molecule has 1 N–H and O–H groups in total. The van der Waals surface area contributed by atoms with Crippen LogP contribution in [0.3, 0.4) is 0 Å². The summed E-state index contributed by atoms with van der Waals surface area (Å²) in [6, 6.07) is 45.7. The van der Waals surface area contributed by atoms with Crippen molar-refractivity contribution in [3.63, 3.8) is 0 Å². The molecule has 0 spiro atoms. The molecule has 44 heavy (non-hydrogen) atoms. The van der Waals surface area contributed by atoms with Gasteiger partial charge in [-0.05, 0) is 73.4 Å². The number of ether oxygens (including phenoxy) is 1. The summed E-state index contributed by atoms with van der Waals surface area (Å²) in [5.74, 6) is 0.536. The maximum Gasteiger partial charge on any atom is 0.204 e. The molecule has 0 aliphatic carbocycles. The van der Waals surface area contributed by atoms with Crippen LogP contribution < -0.4 is 43.1 Å². The molecular weight excluding hydrogens is 631 g/mol. The summed E-state index contributed by atoms with van der Waals surface area (Å²) >= 11 is 0. The van der Waals surface area contributed by atoms with Gasteiger partial charge >= 0.3 is 0 Å². The fourth-order valence-corrected chi connectivity index (χ4v) is 10.3. The van der Waals surface area contributed by atoms with Gasteiger partial charge in [0.2, 0.25) is 5.75 Å². The number of halogens is 1. The van der Waals surface area contributed by atoms with Gasteiger partial charge in [0.05, 0.1) is 18.7 Å². The predicted molar refractivity (Wildman–Crippen MR) is 179 cm³/mol. The number of phenols is 1. The van der Waals surface area contributed by atoms with Crippen LogP contribution in [-0.4, -0.2) is 18.4 Å². The fraction of sp³-hybridized carbons (Fsp3) is 0.132. The Bertz CT molecular complexity index is 1780. The van der Waals surface area contributed by atoms with Gasteiger partial charge in [0.1, 0.15) is 28.9 Å². The molecule has 5 aromatic carbocycles. The van der Waals surface area contributed by atoms with E-state index in [-0.39, 0.29) is 39.5 Å². The molecule has 1 aromatic heterocycles. The molecule has 6 aromatic rings. The number of rotatable bonds is 10. The van der Waals surface area contributed by atoms with Gasteiger partial charge in [0, 0.05) is 11.6 Å². The molecule has 6 heteroatoms. The molecule has 0 saturated carbocycles. The smallest absolute Gasteiger partial charge is 0.204 e. The first-order chi connectivity index (χ1) is 21.1. The minimum atomic E-state index is -1.83. The zero-order valence-electron chi connectivity index (χ0n) is 24.5. The van der Waals surface area contributed by atoms with E-state index in [1.165, 1.54) is 40.7 Å². The quantitative estimate of drug-likeness (QED) is 0.173. The first-order valence-electron chi connectivity index (χ1n) is 14.6. The van der Waals surface area contributed by atoms with Crippen molar-refractivity contribution in [2.24, 2.45) is 0 Å². The zero-order chi connectivity index (χ0) is 29.6. The first kappa shape index (κ1) is 31.3. The largest absolute Gasteiger partial charge is 1.00 e. The number of phenolic OH excluding ortho intramolecular Hbond substituents is 1. The molecule has 0 unspecified atom stereocenters. The highest BCUT2D eigenvalue weighted by molar-refractivity contribution is 7.95. The molecule has 0 bridgehead atoms. The lowest BCUT2D eigenvalue weighted by Crippen LogP contribution is -3.00. The van der Waals surface area contributed by atoms with Gasteiger partial charge in [0.25, 0.3) is 0 Å². The van der Waals surface area contributed by atoms with E-state index in [0.29, 0.717) is 11.1 Å². The first-order valence-corrected chi connectivity index (χ1v) is 16.6. The van der Waals surface area contributed by atoms with Gasteiger partial charge in [-0.15, -0.1) is 0 Å². The Balaban J connectivity index is 0.00000384. The summed E-state index contributed by atoms with van der Waals surface area (Å²) in [6.07, 6.45) is 4.22. The molecule has 0 saturated heterocycles. The topological polar surface area (TPSA) is 59.7 Å². The van der Waals surface area contributed by atoms with Crippen LogP contribution in [0.2, 0.25) is 0 Å². The lowest BCUT2D eigenvalue weighted by molar-refractivity contribution is -0.0000100. The molecule has 0 radical (unpaired) electrons. The average Bonchev–Trinajstić information content (AvgIpc) is 3.06. The number of aromatic hydroxyl groups is 1. The Morgan fingerprint density at radius 1 is 0.705 bits per heavy atom. The highest BCUT2D eigenvalue weighted by atomic mass is 79.9. The molecule has 0 aliphatic rings. The SMILES string of the molecule is COc1c(O)ccc2c(=O)cc(-c3ccc(CCCC[P+](c4ccccc4)(c4ccccc4)c4ccccc4)cc3)oc12.[Br-]. The third-order valence-electron chi connectivity index (χ3n) is 8.07. The minimum Gasteiger partial charge on any atom is -1.00 e. The van der Waals surface area contributed by atoms with Crippen molar-refractivity contribution in [3.05, 3.63) is 149 Å². The molecule has 0 atom stereocenters. The number of benzene rings is 5. The highest BCUT2D eigenvalue weighted by Crippen LogP contribution is 2.56. The van der Waals surface area contributed by atoms with Crippen molar-refractivity contribution >= 4 is 34.1 Å². The third kappa shape index (κ3) is 6.22. The van der Waals surface area contributed by atoms with Crippen LogP contribution in [0.25, 0.3) is 22.3 Å². The van der Waals surface area contributed by atoms with Crippen LogP contribution in [0.4, 0.5) is 0 Å². The fourth-order valence-electron chi connectivity index (χ4n) is 5.92. The Labute approximate surface area is 269 Å². The van der Waals surface area contributed by atoms with E-state index in [2.05, 4.69) is 103 Å². The second-order valence-electron chi connectivity index (χ2n) is 10.7. The summed E-state index contributed by atoms with van der Waals surface area (Å²) in [4.78, 5) is 12.8. The maximum absolute atomic E-state index is 12.8. The van der Waals surface area contributed by atoms with E-state index >= 15 is 0 Å². The molecule has 0 fully saturated rings. The van der Waals surface area contributed by atoms with Crippen LogP contribution in [0, 0.1) is 0 Å². The Hall–Kier alpha value is -4.18. The van der Waals surface area contributed by atoms with Crippen molar-refractivity contribution in [3.8, 4) is 22.8 Å². The van der Waals surface area contributed by atoms with E-state index in [9.17, 15) is 9.90 Å². The molecule has 1 heterocycles. The minimum absolute atomic E-state index is 0. The van der Waals surface area contributed by atoms with Crippen LogP contribution in [-0.2, 0) is 6.42 Å². The van der Waals surface area contributed by atoms with Gasteiger partial charge < -0.3 is 31.2 Å². The van der Waals surface area contributed by atoms with E-state index in [1.54, 1.807) is 6.07 Å².